The summed E-state index contributed by atoms with van der Waals surface area (Å²) in [6, 6.07) is 3.56. The second-order valence-corrected chi connectivity index (χ2v) is 4.83. The SMILES string of the molecule is Cc1cc(C)c(P(=O)(O)O)c(C)c1. The Labute approximate surface area is 77.6 Å². The molecule has 0 aliphatic rings. The Bertz CT molecular complexity index is 355. The van der Waals surface area contributed by atoms with Crippen molar-refractivity contribution in [3.8, 4) is 0 Å². The number of rotatable bonds is 1. The number of hydrogen-bond acceptors (Lipinski definition) is 1. The van der Waals surface area contributed by atoms with Crippen LogP contribution in [0.15, 0.2) is 12.1 Å². The van der Waals surface area contributed by atoms with Crippen LogP contribution in [0, 0.1) is 20.8 Å². The van der Waals surface area contributed by atoms with E-state index in [4.69, 9.17) is 9.79 Å². The molecule has 2 N–H and O–H groups in total. The van der Waals surface area contributed by atoms with Crippen LogP contribution in [0.3, 0.4) is 0 Å². The van der Waals surface area contributed by atoms with E-state index in [1.807, 2.05) is 6.92 Å². The fourth-order valence-corrected chi connectivity index (χ4v) is 2.68. The molecule has 13 heavy (non-hydrogen) atoms. The van der Waals surface area contributed by atoms with E-state index in [0.29, 0.717) is 11.1 Å². The highest BCUT2D eigenvalue weighted by Gasteiger charge is 2.22. The van der Waals surface area contributed by atoms with E-state index in [1.54, 1.807) is 26.0 Å². The summed E-state index contributed by atoms with van der Waals surface area (Å²) in [5.41, 5.74) is 2.34. The molecule has 1 aromatic rings. The van der Waals surface area contributed by atoms with Gasteiger partial charge in [0.05, 0.1) is 5.30 Å². The molecule has 0 unspecified atom stereocenters. The third kappa shape index (κ3) is 2.19. The maximum absolute atomic E-state index is 11.1. The summed E-state index contributed by atoms with van der Waals surface area (Å²) in [6.07, 6.45) is 0. The molecule has 0 spiro atoms. The van der Waals surface area contributed by atoms with E-state index < -0.39 is 7.60 Å². The molecule has 1 rings (SSSR count). The van der Waals surface area contributed by atoms with Crippen molar-refractivity contribution in [2.75, 3.05) is 0 Å². The highest BCUT2D eigenvalue weighted by Crippen LogP contribution is 2.36. The Kier molecular flexibility index (Phi) is 2.62. The molecular weight excluding hydrogens is 187 g/mol. The Balaban J connectivity index is 3.47. The fraction of sp³-hybridized carbons (Fsp3) is 0.333. The fourth-order valence-electron chi connectivity index (χ4n) is 1.63. The minimum absolute atomic E-state index is 0.165. The van der Waals surface area contributed by atoms with Gasteiger partial charge < -0.3 is 9.79 Å². The molecule has 0 saturated heterocycles. The third-order valence-corrected chi connectivity index (χ3v) is 3.21. The summed E-state index contributed by atoms with van der Waals surface area (Å²) in [5.74, 6) is 0. The lowest BCUT2D eigenvalue weighted by Gasteiger charge is -2.11. The Morgan fingerprint density at radius 3 is 1.77 bits per heavy atom. The van der Waals surface area contributed by atoms with Crippen molar-refractivity contribution in [2.45, 2.75) is 20.8 Å². The molecule has 0 atom stereocenters. The summed E-state index contributed by atoms with van der Waals surface area (Å²) < 4.78 is 11.1. The zero-order chi connectivity index (χ0) is 10.2. The molecular formula is C9H13O3P. The molecule has 0 amide bonds. The summed E-state index contributed by atoms with van der Waals surface area (Å²) in [7, 11) is -4.11. The molecule has 72 valence electrons. The van der Waals surface area contributed by atoms with Crippen molar-refractivity contribution in [3.05, 3.63) is 28.8 Å². The first-order valence-corrected chi connectivity index (χ1v) is 5.57. The van der Waals surface area contributed by atoms with Gasteiger partial charge in [0.1, 0.15) is 0 Å². The maximum atomic E-state index is 11.1. The number of hydrogen-bond donors (Lipinski definition) is 2. The van der Waals surface area contributed by atoms with Gasteiger partial charge in [-0.3, -0.25) is 4.57 Å². The van der Waals surface area contributed by atoms with Gasteiger partial charge in [-0.25, -0.2) is 0 Å². The highest BCUT2D eigenvalue weighted by molar-refractivity contribution is 7.60. The summed E-state index contributed by atoms with van der Waals surface area (Å²) in [5, 5.41) is 0.165. The Morgan fingerprint density at radius 2 is 1.46 bits per heavy atom. The van der Waals surface area contributed by atoms with Crippen molar-refractivity contribution in [2.24, 2.45) is 0 Å². The number of benzene rings is 1. The van der Waals surface area contributed by atoms with E-state index in [2.05, 4.69) is 0 Å². The first-order valence-electron chi connectivity index (χ1n) is 3.96. The second kappa shape index (κ2) is 3.26. The molecule has 1 aromatic carbocycles. The summed E-state index contributed by atoms with van der Waals surface area (Å²) in [6.45, 7) is 5.34. The van der Waals surface area contributed by atoms with Crippen molar-refractivity contribution >= 4 is 12.9 Å². The predicted molar refractivity (Wildman–Crippen MR) is 52.3 cm³/mol. The maximum Gasteiger partial charge on any atom is 0.356 e. The predicted octanol–water partition coefficient (Wildman–Crippen LogP) is 1.41. The normalized spacial score (nSPS) is 11.8. The summed E-state index contributed by atoms with van der Waals surface area (Å²) in [4.78, 5) is 18.1. The van der Waals surface area contributed by atoms with E-state index in [9.17, 15) is 4.57 Å². The van der Waals surface area contributed by atoms with Crippen LogP contribution in [0.2, 0.25) is 0 Å². The molecule has 4 heteroatoms. The average molecular weight is 200 g/mol. The van der Waals surface area contributed by atoms with E-state index >= 15 is 0 Å². The van der Waals surface area contributed by atoms with Crippen LogP contribution in [0.25, 0.3) is 0 Å². The van der Waals surface area contributed by atoms with Gasteiger partial charge >= 0.3 is 7.60 Å². The average Bonchev–Trinajstić information content (AvgIpc) is 1.78. The first kappa shape index (κ1) is 10.5. The molecule has 0 radical (unpaired) electrons. The second-order valence-electron chi connectivity index (χ2n) is 3.29. The lowest BCUT2D eigenvalue weighted by atomic mass is 10.1. The lowest BCUT2D eigenvalue weighted by molar-refractivity contribution is 0.387. The van der Waals surface area contributed by atoms with Gasteiger partial charge in [0.15, 0.2) is 0 Å². The lowest BCUT2D eigenvalue weighted by Crippen LogP contribution is -2.12. The van der Waals surface area contributed by atoms with Gasteiger partial charge in [0.25, 0.3) is 0 Å². The summed E-state index contributed by atoms with van der Waals surface area (Å²) >= 11 is 0. The first-order chi connectivity index (χ1) is 5.82. The van der Waals surface area contributed by atoms with Gasteiger partial charge in [-0.2, -0.15) is 0 Å². The van der Waals surface area contributed by atoms with Crippen molar-refractivity contribution in [3.63, 3.8) is 0 Å². The van der Waals surface area contributed by atoms with Gasteiger partial charge in [0.2, 0.25) is 0 Å². The van der Waals surface area contributed by atoms with Crippen LogP contribution in [0.4, 0.5) is 0 Å². The van der Waals surface area contributed by atoms with E-state index in [1.165, 1.54) is 0 Å². The van der Waals surface area contributed by atoms with E-state index in [-0.39, 0.29) is 5.30 Å². The molecule has 3 nitrogen and oxygen atoms in total. The van der Waals surface area contributed by atoms with Gasteiger partial charge in [0, 0.05) is 0 Å². The molecule has 0 bridgehead atoms. The topological polar surface area (TPSA) is 57.5 Å². The number of aryl methyl sites for hydroxylation is 3. The minimum atomic E-state index is -4.11. The van der Waals surface area contributed by atoms with Crippen LogP contribution in [0.5, 0.6) is 0 Å². The van der Waals surface area contributed by atoms with Crippen molar-refractivity contribution in [1.29, 1.82) is 0 Å². The molecule has 0 aliphatic heterocycles. The van der Waals surface area contributed by atoms with Crippen LogP contribution in [0.1, 0.15) is 16.7 Å². The van der Waals surface area contributed by atoms with E-state index in [0.717, 1.165) is 5.56 Å². The molecule has 0 aliphatic carbocycles. The molecule has 0 heterocycles. The minimum Gasteiger partial charge on any atom is -0.321 e. The highest BCUT2D eigenvalue weighted by atomic mass is 31.2. The van der Waals surface area contributed by atoms with Crippen LogP contribution in [-0.4, -0.2) is 9.79 Å². The van der Waals surface area contributed by atoms with Crippen molar-refractivity contribution in [1.82, 2.24) is 0 Å². The largest absolute Gasteiger partial charge is 0.356 e. The molecule has 0 aromatic heterocycles. The van der Waals surface area contributed by atoms with Crippen LogP contribution in [-0.2, 0) is 4.57 Å². The molecule has 0 saturated carbocycles. The zero-order valence-corrected chi connectivity index (χ0v) is 8.80. The third-order valence-electron chi connectivity index (χ3n) is 1.93. The quantitative estimate of drug-likeness (QED) is 0.674. The Hall–Kier alpha value is -0.630. The zero-order valence-electron chi connectivity index (χ0n) is 7.90. The monoisotopic (exact) mass is 200 g/mol. The standard InChI is InChI=1S/C9H13O3P/c1-6-4-7(2)9(8(3)5-6)13(10,11)12/h4-5H,1-3H3,(H2,10,11,12). The van der Waals surface area contributed by atoms with Crippen LogP contribution >= 0.6 is 7.60 Å². The Morgan fingerprint density at radius 1 is 1.08 bits per heavy atom. The van der Waals surface area contributed by atoms with Gasteiger partial charge in [-0.1, -0.05) is 17.7 Å². The smallest absolute Gasteiger partial charge is 0.321 e. The van der Waals surface area contributed by atoms with Crippen molar-refractivity contribution < 1.29 is 14.4 Å². The van der Waals surface area contributed by atoms with Gasteiger partial charge in [-0.15, -0.1) is 0 Å². The van der Waals surface area contributed by atoms with Gasteiger partial charge in [-0.05, 0) is 31.9 Å². The van der Waals surface area contributed by atoms with Crippen LogP contribution < -0.4 is 5.30 Å². The molecule has 0 fully saturated rings.